The van der Waals surface area contributed by atoms with Crippen LogP contribution in [0.15, 0.2) is 71.0 Å². The summed E-state index contributed by atoms with van der Waals surface area (Å²) in [5.41, 5.74) is 1.62. The van der Waals surface area contributed by atoms with Crippen LogP contribution >= 0.6 is 11.3 Å². The Morgan fingerprint density at radius 1 is 1.03 bits per heavy atom. The molecule has 0 saturated heterocycles. The maximum Gasteiger partial charge on any atom is 0.318 e. The number of aliphatic imine (C=N–C) groups is 1. The van der Waals surface area contributed by atoms with Crippen LogP contribution < -0.4 is 0 Å². The van der Waals surface area contributed by atoms with Crippen LogP contribution in [0.5, 0.6) is 0 Å². The highest BCUT2D eigenvalue weighted by Crippen LogP contribution is 2.38. The Morgan fingerprint density at radius 3 is 2.24 bits per heavy atom. The van der Waals surface area contributed by atoms with Crippen molar-refractivity contribution in [3.63, 3.8) is 0 Å². The number of carbonyl (C=O) groups is 1. The SMILES string of the molecule is CC1=Nc2nnnn2C(c2cccs2)C1C(=O)OC(c1ccc(F)cc1)c1ccc(F)cc1. The molecule has 1 aliphatic heterocycles. The zero-order chi connectivity index (χ0) is 22.9. The lowest BCUT2D eigenvalue weighted by molar-refractivity contribution is -0.151. The van der Waals surface area contributed by atoms with Crippen LogP contribution in [0.25, 0.3) is 0 Å². The molecule has 1 aliphatic rings. The third kappa shape index (κ3) is 4.05. The van der Waals surface area contributed by atoms with Crippen molar-refractivity contribution < 1.29 is 18.3 Å². The van der Waals surface area contributed by atoms with E-state index in [0.29, 0.717) is 22.8 Å². The average molecular weight is 465 g/mol. The van der Waals surface area contributed by atoms with E-state index in [2.05, 4.69) is 20.5 Å². The van der Waals surface area contributed by atoms with Gasteiger partial charge in [0.2, 0.25) is 0 Å². The lowest BCUT2D eigenvalue weighted by Crippen LogP contribution is -2.37. The van der Waals surface area contributed by atoms with Crippen molar-refractivity contribution >= 4 is 29.0 Å². The fourth-order valence-electron chi connectivity index (χ4n) is 3.88. The number of esters is 1. The molecule has 0 saturated carbocycles. The highest BCUT2D eigenvalue weighted by molar-refractivity contribution is 7.10. The number of tetrazole rings is 1. The van der Waals surface area contributed by atoms with Crippen LogP contribution in [0, 0.1) is 17.6 Å². The second-order valence-corrected chi connectivity index (χ2v) is 8.51. The third-order valence-electron chi connectivity index (χ3n) is 5.45. The molecule has 0 N–H and O–H groups in total. The topological polar surface area (TPSA) is 82.3 Å². The van der Waals surface area contributed by atoms with Crippen molar-refractivity contribution in [2.45, 2.75) is 19.1 Å². The number of hydrogen-bond acceptors (Lipinski definition) is 7. The lowest BCUT2D eigenvalue weighted by atomic mass is 9.92. The van der Waals surface area contributed by atoms with Crippen LogP contribution in [-0.2, 0) is 9.53 Å². The van der Waals surface area contributed by atoms with E-state index in [4.69, 9.17) is 4.74 Å². The molecule has 166 valence electrons. The van der Waals surface area contributed by atoms with Crippen LogP contribution in [0.3, 0.4) is 0 Å². The second-order valence-electron chi connectivity index (χ2n) is 7.53. The number of fused-ring (bicyclic) bond motifs is 1. The van der Waals surface area contributed by atoms with Crippen LogP contribution in [0.2, 0.25) is 0 Å². The van der Waals surface area contributed by atoms with Crippen molar-refractivity contribution in [1.29, 1.82) is 0 Å². The summed E-state index contributed by atoms with van der Waals surface area (Å²) in [5.74, 6) is -1.86. The van der Waals surface area contributed by atoms with Gasteiger partial charge in [-0.2, -0.15) is 0 Å². The zero-order valence-corrected chi connectivity index (χ0v) is 18.1. The maximum atomic E-state index is 13.6. The highest BCUT2D eigenvalue weighted by atomic mass is 32.1. The van der Waals surface area contributed by atoms with Gasteiger partial charge in [-0.3, -0.25) is 4.79 Å². The van der Waals surface area contributed by atoms with Gasteiger partial charge in [0.05, 0.1) is 0 Å². The van der Waals surface area contributed by atoms with Gasteiger partial charge in [0.25, 0.3) is 5.95 Å². The highest BCUT2D eigenvalue weighted by Gasteiger charge is 2.41. The van der Waals surface area contributed by atoms with Gasteiger partial charge < -0.3 is 4.74 Å². The number of nitrogens with zero attached hydrogens (tertiary/aromatic N) is 5. The average Bonchev–Trinajstić information content (AvgIpc) is 3.50. The first kappa shape index (κ1) is 21.1. The molecule has 0 amide bonds. The molecule has 0 bridgehead atoms. The minimum atomic E-state index is -0.870. The molecule has 3 heterocycles. The fourth-order valence-corrected chi connectivity index (χ4v) is 4.72. The van der Waals surface area contributed by atoms with Crippen molar-refractivity contribution in [1.82, 2.24) is 20.2 Å². The van der Waals surface area contributed by atoms with Crippen LogP contribution in [-0.4, -0.2) is 31.9 Å². The first-order valence-corrected chi connectivity index (χ1v) is 11.0. The Bertz CT molecular complexity index is 1260. The van der Waals surface area contributed by atoms with Gasteiger partial charge in [0.1, 0.15) is 23.6 Å². The minimum Gasteiger partial charge on any atom is -0.452 e. The molecular formula is C23H17F2N5O2S. The lowest BCUT2D eigenvalue weighted by Gasteiger charge is -2.30. The molecule has 10 heteroatoms. The molecule has 2 atom stereocenters. The molecule has 0 fully saturated rings. The number of aromatic nitrogens is 4. The molecule has 33 heavy (non-hydrogen) atoms. The standard InChI is InChI=1S/C23H17F2N5O2S/c1-13-19(20(18-3-2-12-33-18)30-23(26-13)27-28-29-30)22(31)32-21(14-4-8-16(24)9-5-14)15-6-10-17(25)11-7-15/h2-12,19-21H,1H3. The molecule has 4 aromatic rings. The van der Waals surface area contributed by atoms with Crippen LogP contribution in [0.4, 0.5) is 14.7 Å². The van der Waals surface area contributed by atoms with Crippen molar-refractivity contribution in [2.75, 3.05) is 0 Å². The van der Waals surface area contributed by atoms with E-state index < -0.39 is 35.7 Å². The summed E-state index contributed by atoms with van der Waals surface area (Å²) in [4.78, 5) is 18.9. The smallest absolute Gasteiger partial charge is 0.318 e. The number of rotatable bonds is 5. The molecule has 0 spiro atoms. The van der Waals surface area contributed by atoms with Gasteiger partial charge in [-0.15, -0.1) is 11.3 Å². The minimum absolute atomic E-state index is 0.309. The van der Waals surface area contributed by atoms with Crippen LogP contribution in [0.1, 0.15) is 35.1 Å². The number of benzene rings is 2. The Hall–Kier alpha value is -3.79. The maximum absolute atomic E-state index is 13.6. The molecular weight excluding hydrogens is 448 g/mol. The van der Waals surface area contributed by atoms with E-state index in [-0.39, 0.29) is 0 Å². The van der Waals surface area contributed by atoms with E-state index >= 15 is 0 Å². The number of halogens is 2. The Kier molecular flexibility index (Phi) is 5.51. The molecule has 0 aliphatic carbocycles. The first-order chi connectivity index (χ1) is 16.0. The molecule has 0 radical (unpaired) electrons. The van der Waals surface area contributed by atoms with Gasteiger partial charge in [-0.05, 0) is 64.2 Å². The second kappa shape index (κ2) is 8.62. The summed E-state index contributed by atoms with van der Waals surface area (Å²) in [6.07, 6.45) is -0.870. The first-order valence-electron chi connectivity index (χ1n) is 10.1. The number of thiophene rings is 1. The Balaban J connectivity index is 1.53. The largest absolute Gasteiger partial charge is 0.452 e. The van der Waals surface area contributed by atoms with Crippen molar-refractivity contribution in [3.05, 3.63) is 93.7 Å². The fraction of sp³-hybridized carbons (Fsp3) is 0.174. The normalized spacial score (nSPS) is 17.5. The predicted molar refractivity (Wildman–Crippen MR) is 117 cm³/mol. The van der Waals surface area contributed by atoms with Crippen molar-refractivity contribution in [2.24, 2.45) is 10.9 Å². The summed E-state index contributed by atoms with van der Waals surface area (Å²) >= 11 is 1.47. The Labute approximate surface area is 191 Å². The van der Waals surface area contributed by atoms with E-state index in [0.717, 1.165) is 4.88 Å². The summed E-state index contributed by atoms with van der Waals surface area (Å²) < 4.78 is 34.6. The van der Waals surface area contributed by atoms with Gasteiger partial charge in [0, 0.05) is 10.6 Å². The van der Waals surface area contributed by atoms with Crippen molar-refractivity contribution in [3.8, 4) is 0 Å². The zero-order valence-electron chi connectivity index (χ0n) is 17.3. The number of hydrogen-bond donors (Lipinski definition) is 0. The van der Waals surface area contributed by atoms with E-state index in [1.165, 1.54) is 64.5 Å². The molecule has 2 unspecified atom stereocenters. The Morgan fingerprint density at radius 2 is 1.67 bits per heavy atom. The number of carbonyl (C=O) groups excluding carboxylic acids is 1. The van der Waals surface area contributed by atoms with Gasteiger partial charge in [-0.25, -0.2) is 18.5 Å². The summed E-state index contributed by atoms with van der Waals surface area (Å²) in [6, 6.07) is 14.5. The quantitative estimate of drug-likeness (QED) is 0.401. The molecule has 2 aromatic heterocycles. The summed E-state index contributed by atoms with van der Waals surface area (Å²) in [5, 5.41) is 13.6. The number of ether oxygens (including phenoxy) is 1. The van der Waals surface area contributed by atoms with E-state index in [1.54, 1.807) is 6.92 Å². The monoisotopic (exact) mass is 465 g/mol. The molecule has 2 aromatic carbocycles. The third-order valence-corrected chi connectivity index (χ3v) is 6.39. The van der Waals surface area contributed by atoms with E-state index in [9.17, 15) is 13.6 Å². The molecule has 7 nitrogen and oxygen atoms in total. The van der Waals surface area contributed by atoms with E-state index in [1.807, 2.05) is 17.5 Å². The summed E-state index contributed by atoms with van der Waals surface area (Å²) in [7, 11) is 0. The van der Waals surface area contributed by atoms with Gasteiger partial charge in [-0.1, -0.05) is 35.4 Å². The van der Waals surface area contributed by atoms with Gasteiger partial charge in [0.15, 0.2) is 6.10 Å². The molecule has 5 rings (SSSR count). The predicted octanol–water partition coefficient (Wildman–Crippen LogP) is 4.66. The summed E-state index contributed by atoms with van der Waals surface area (Å²) in [6.45, 7) is 1.73. The van der Waals surface area contributed by atoms with Gasteiger partial charge >= 0.3 is 5.97 Å².